The number of fused-ring (bicyclic) bond motifs is 3. The lowest BCUT2D eigenvalue weighted by Crippen LogP contribution is -2.38. The number of hydrogen-bond acceptors (Lipinski definition) is 4. The molecule has 0 radical (unpaired) electrons. The molecule has 2 aliphatic carbocycles. The molecule has 0 N–H and O–H groups in total. The lowest BCUT2D eigenvalue weighted by Gasteiger charge is -2.28. The molecule has 128 valence electrons. The molecular weight excluding hydrogens is 306 g/mol. The first-order valence-corrected chi connectivity index (χ1v) is 8.56. The molecule has 1 aromatic carbocycles. The number of allylic oxidation sites excluding steroid dienone is 2. The van der Waals surface area contributed by atoms with E-state index in [4.69, 9.17) is 14.2 Å². The van der Waals surface area contributed by atoms with Crippen molar-refractivity contribution in [3.63, 3.8) is 0 Å². The van der Waals surface area contributed by atoms with Crippen molar-refractivity contribution in [3.05, 3.63) is 35.9 Å². The van der Waals surface area contributed by atoms with Crippen molar-refractivity contribution in [2.24, 2.45) is 17.8 Å². The van der Waals surface area contributed by atoms with Gasteiger partial charge >= 0.3 is 0 Å². The Morgan fingerprint density at radius 1 is 1.25 bits per heavy atom. The van der Waals surface area contributed by atoms with Crippen molar-refractivity contribution in [2.75, 3.05) is 27.1 Å². The highest BCUT2D eigenvalue weighted by Gasteiger charge is 2.37. The minimum absolute atomic E-state index is 0.0434. The summed E-state index contributed by atoms with van der Waals surface area (Å²) in [6, 6.07) is 5.88. The average molecular weight is 329 g/mol. The van der Waals surface area contributed by atoms with Gasteiger partial charge in [0, 0.05) is 20.2 Å². The van der Waals surface area contributed by atoms with Gasteiger partial charge in [0.05, 0.1) is 0 Å². The summed E-state index contributed by atoms with van der Waals surface area (Å²) in [5.74, 6) is 3.48. The third-order valence-electron chi connectivity index (χ3n) is 5.30. The lowest BCUT2D eigenvalue weighted by atomic mass is 9.93. The van der Waals surface area contributed by atoms with Crippen LogP contribution >= 0.6 is 0 Å². The molecule has 5 heteroatoms. The molecule has 3 aliphatic rings. The van der Waals surface area contributed by atoms with Gasteiger partial charge in [-0.25, -0.2) is 0 Å². The van der Waals surface area contributed by atoms with Crippen molar-refractivity contribution in [2.45, 2.75) is 19.4 Å². The molecule has 2 bridgehead atoms. The molecule has 4 rings (SSSR count). The van der Waals surface area contributed by atoms with Crippen molar-refractivity contribution >= 4 is 5.91 Å². The van der Waals surface area contributed by atoms with Gasteiger partial charge in [0.15, 0.2) is 11.5 Å². The van der Waals surface area contributed by atoms with E-state index in [-0.39, 0.29) is 19.3 Å². The van der Waals surface area contributed by atoms with E-state index in [0.29, 0.717) is 24.3 Å². The molecule has 5 nitrogen and oxygen atoms in total. The van der Waals surface area contributed by atoms with Gasteiger partial charge in [-0.05, 0) is 48.3 Å². The fourth-order valence-electron chi connectivity index (χ4n) is 4.12. The van der Waals surface area contributed by atoms with E-state index in [2.05, 4.69) is 12.2 Å². The molecule has 0 unspecified atom stereocenters. The molecule has 1 heterocycles. The summed E-state index contributed by atoms with van der Waals surface area (Å²) in [4.78, 5) is 14.4. The zero-order chi connectivity index (χ0) is 16.5. The third kappa shape index (κ3) is 3.00. The number of benzene rings is 1. The molecule has 0 spiro atoms. The lowest BCUT2D eigenvalue weighted by molar-refractivity contribution is -0.136. The summed E-state index contributed by atoms with van der Waals surface area (Å²) >= 11 is 0. The maximum Gasteiger partial charge on any atom is 0.248 e. The largest absolute Gasteiger partial charge is 0.454 e. The van der Waals surface area contributed by atoms with Gasteiger partial charge in [0.2, 0.25) is 12.7 Å². The van der Waals surface area contributed by atoms with Crippen LogP contribution in [0.1, 0.15) is 18.4 Å². The zero-order valence-corrected chi connectivity index (χ0v) is 13.9. The Kier molecular flexibility index (Phi) is 4.19. The fourth-order valence-corrected chi connectivity index (χ4v) is 4.12. The molecule has 1 aliphatic heterocycles. The first-order valence-electron chi connectivity index (χ1n) is 8.56. The molecule has 1 amide bonds. The molecule has 3 atom stereocenters. The van der Waals surface area contributed by atoms with Crippen LogP contribution in [0.2, 0.25) is 0 Å². The molecule has 1 saturated carbocycles. The number of rotatable bonds is 6. The van der Waals surface area contributed by atoms with E-state index in [1.807, 2.05) is 23.1 Å². The van der Waals surface area contributed by atoms with Crippen LogP contribution in [0.4, 0.5) is 0 Å². The number of nitrogens with zero attached hydrogens (tertiary/aromatic N) is 1. The monoisotopic (exact) mass is 329 g/mol. The predicted molar refractivity (Wildman–Crippen MR) is 88.7 cm³/mol. The van der Waals surface area contributed by atoms with Gasteiger partial charge in [-0.2, -0.15) is 0 Å². The van der Waals surface area contributed by atoms with Crippen molar-refractivity contribution in [1.82, 2.24) is 4.90 Å². The minimum Gasteiger partial charge on any atom is -0.454 e. The number of ether oxygens (including phenoxy) is 3. The quantitative estimate of drug-likeness (QED) is 0.753. The van der Waals surface area contributed by atoms with E-state index in [9.17, 15) is 4.79 Å². The normalized spacial score (nSPS) is 26.1. The number of carbonyl (C=O) groups excluding carboxylic acids is 1. The molecule has 1 fully saturated rings. The number of carbonyl (C=O) groups is 1. The summed E-state index contributed by atoms with van der Waals surface area (Å²) in [5.41, 5.74) is 1.06. The Balaban J connectivity index is 1.47. The molecular formula is C19H23NO4. The van der Waals surface area contributed by atoms with Gasteiger partial charge in [-0.15, -0.1) is 0 Å². The van der Waals surface area contributed by atoms with Gasteiger partial charge in [-0.3, -0.25) is 4.79 Å². The number of hydrogen-bond donors (Lipinski definition) is 0. The van der Waals surface area contributed by atoms with Crippen molar-refractivity contribution < 1.29 is 19.0 Å². The second-order valence-corrected chi connectivity index (χ2v) is 6.94. The third-order valence-corrected chi connectivity index (χ3v) is 5.30. The van der Waals surface area contributed by atoms with Crippen molar-refractivity contribution in [3.8, 4) is 11.5 Å². The highest BCUT2D eigenvalue weighted by Crippen LogP contribution is 2.43. The summed E-state index contributed by atoms with van der Waals surface area (Å²) in [7, 11) is 1.57. The first-order chi connectivity index (χ1) is 11.7. The van der Waals surface area contributed by atoms with Gasteiger partial charge in [-0.1, -0.05) is 18.2 Å². The van der Waals surface area contributed by atoms with Crippen LogP contribution in [0, 0.1) is 17.8 Å². The van der Waals surface area contributed by atoms with Crippen LogP contribution in [0.15, 0.2) is 30.4 Å². The Morgan fingerprint density at radius 2 is 2.12 bits per heavy atom. The Bertz CT molecular complexity index is 657. The van der Waals surface area contributed by atoms with E-state index < -0.39 is 0 Å². The maximum absolute atomic E-state index is 12.5. The van der Waals surface area contributed by atoms with E-state index in [1.165, 1.54) is 12.8 Å². The van der Waals surface area contributed by atoms with Crippen LogP contribution in [0.3, 0.4) is 0 Å². The van der Waals surface area contributed by atoms with E-state index >= 15 is 0 Å². The second-order valence-electron chi connectivity index (χ2n) is 6.94. The fraction of sp³-hybridized carbons (Fsp3) is 0.526. The number of methoxy groups -OCH3 is 1. The molecule has 0 saturated heterocycles. The zero-order valence-electron chi connectivity index (χ0n) is 13.9. The number of amides is 1. The summed E-state index contributed by atoms with van der Waals surface area (Å²) < 4.78 is 15.9. The molecule has 1 aromatic rings. The first kappa shape index (κ1) is 15.5. The van der Waals surface area contributed by atoms with E-state index in [1.54, 1.807) is 7.11 Å². The topological polar surface area (TPSA) is 48.0 Å². The van der Waals surface area contributed by atoms with Gasteiger partial charge in [0.25, 0.3) is 0 Å². The Morgan fingerprint density at radius 3 is 2.88 bits per heavy atom. The predicted octanol–water partition coefficient (Wildman–Crippen LogP) is 2.60. The summed E-state index contributed by atoms with van der Waals surface area (Å²) in [6.45, 7) is 1.77. The Hall–Kier alpha value is -2.01. The van der Waals surface area contributed by atoms with Crippen LogP contribution in [-0.2, 0) is 16.1 Å². The van der Waals surface area contributed by atoms with Crippen molar-refractivity contribution in [1.29, 1.82) is 0 Å². The highest BCUT2D eigenvalue weighted by atomic mass is 16.7. The van der Waals surface area contributed by atoms with Crippen LogP contribution in [0.25, 0.3) is 0 Å². The maximum atomic E-state index is 12.5. The summed E-state index contributed by atoms with van der Waals surface area (Å²) in [5, 5.41) is 0. The van der Waals surface area contributed by atoms with Crippen LogP contribution in [0.5, 0.6) is 11.5 Å². The standard InChI is InChI=1S/C19H23NO4/c1-22-11-19(21)20(10-16-7-13-2-4-15(16)6-13)9-14-3-5-17-18(8-14)24-12-23-17/h2-5,8,13,15-16H,6-7,9-12H2,1H3/t13-,15+,16-/m1/s1. The molecule has 24 heavy (non-hydrogen) atoms. The average Bonchev–Trinajstić information content (AvgIpc) is 3.30. The smallest absolute Gasteiger partial charge is 0.248 e. The van der Waals surface area contributed by atoms with Crippen LogP contribution in [-0.4, -0.2) is 37.9 Å². The Labute approximate surface area is 142 Å². The SMILES string of the molecule is COCC(=O)N(Cc1ccc2c(c1)OCO2)C[C@H]1C[C@@H]2C=C[C@H]1C2. The second kappa shape index (κ2) is 6.48. The van der Waals surface area contributed by atoms with Gasteiger partial charge < -0.3 is 19.1 Å². The van der Waals surface area contributed by atoms with E-state index in [0.717, 1.165) is 23.6 Å². The highest BCUT2D eigenvalue weighted by molar-refractivity contribution is 5.77. The van der Waals surface area contributed by atoms with Crippen LogP contribution < -0.4 is 9.47 Å². The minimum atomic E-state index is 0.0434. The summed E-state index contributed by atoms with van der Waals surface area (Å²) in [6.07, 6.45) is 7.11. The van der Waals surface area contributed by atoms with Gasteiger partial charge in [0.1, 0.15) is 6.61 Å². The molecule has 0 aromatic heterocycles.